The number of hydrogen-bond donors (Lipinski definition) is 1. The first kappa shape index (κ1) is 18.1. The van der Waals surface area contributed by atoms with Crippen molar-refractivity contribution in [2.24, 2.45) is 0 Å². The Morgan fingerprint density at radius 1 is 1.12 bits per heavy atom. The normalized spacial score (nSPS) is 19.4. The third-order valence-electron chi connectivity index (χ3n) is 4.68. The number of anilines is 1. The van der Waals surface area contributed by atoms with Crippen molar-refractivity contribution in [1.82, 2.24) is 0 Å². The van der Waals surface area contributed by atoms with Gasteiger partial charge in [-0.2, -0.15) is 0 Å². The number of carbonyl (C=O) groups excluding carboxylic acids is 1. The van der Waals surface area contributed by atoms with Gasteiger partial charge in [-0.15, -0.1) is 0 Å². The van der Waals surface area contributed by atoms with E-state index in [0.29, 0.717) is 18.6 Å². The number of carbonyl (C=O) groups is 1. The maximum Gasteiger partial charge on any atom is 0.157 e. The Bertz CT molecular complexity index is 764. The van der Waals surface area contributed by atoms with E-state index in [0.717, 1.165) is 24.3 Å². The zero-order valence-corrected chi connectivity index (χ0v) is 14.9. The molecule has 6 nitrogen and oxygen atoms in total. The molecule has 0 radical (unpaired) electrons. The fraction of sp³-hybridized carbons (Fsp3) is 0.350. The molecule has 2 unspecified atom stereocenters. The molecule has 2 aromatic carbocycles. The van der Waals surface area contributed by atoms with Gasteiger partial charge in [-0.1, -0.05) is 18.2 Å². The van der Waals surface area contributed by atoms with Crippen LogP contribution in [0.25, 0.3) is 0 Å². The highest BCUT2D eigenvalue weighted by molar-refractivity contribution is 5.83. The van der Waals surface area contributed by atoms with Gasteiger partial charge in [0.05, 0.1) is 24.4 Å². The quantitative estimate of drug-likeness (QED) is 0.768. The number of aldehydes is 1. The Labute approximate surface area is 152 Å². The number of methoxy groups -OCH3 is 2. The number of para-hydroxylation sites is 2. The average molecular weight is 357 g/mol. The molecule has 0 saturated carbocycles. The summed E-state index contributed by atoms with van der Waals surface area (Å²) in [6, 6.07) is 12.6. The molecule has 1 heterocycles. The Kier molecular flexibility index (Phi) is 5.63. The van der Waals surface area contributed by atoms with Crippen LogP contribution in [-0.2, 0) is 4.74 Å². The summed E-state index contributed by atoms with van der Waals surface area (Å²) in [6.07, 6.45) is 2.28. The summed E-state index contributed by atoms with van der Waals surface area (Å²) in [6.45, 7) is 0.363. The van der Waals surface area contributed by atoms with E-state index in [1.165, 1.54) is 6.07 Å². The molecule has 1 saturated heterocycles. The highest BCUT2D eigenvalue weighted by atomic mass is 16.5. The molecular formula is C20H23NO5. The van der Waals surface area contributed by atoms with Crippen LogP contribution >= 0.6 is 0 Å². The minimum absolute atomic E-state index is 0.0538. The average Bonchev–Trinajstić information content (AvgIpc) is 3.09. The summed E-state index contributed by atoms with van der Waals surface area (Å²) in [7, 11) is 3.33. The van der Waals surface area contributed by atoms with Crippen LogP contribution in [0.3, 0.4) is 0 Å². The number of benzene rings is 2. The minimum atomic E-state index is -0.0831. The van der Waals surface area contributed by atoms with Gasteiger partial charge in [0.25, 0.3) is 0 Å². The third-order valence-corrected chi connectivity index (χ3v) is 4.68. The van der Waals surface area contributed by atoms with Crippen LogP contribution in [0.15, 0.2) is 42.5 Å². The van der Waals surface area contributed by atoms with E-state index < -0.39 is 0 Å². The highest BCUT2D eigenvalue weighted by Gasteiger charge is 2.35. The van der Waals surface area contributed by atoms with Crippen molar-refractivity contribution in [2.75, 3.05) is 25.7 Å². The van der Waals surface area contributed by atoms with Gasteiger partial charge in [0.1, 0.15) is 30.1 Å². The van der Waals surface area contributed by atoms with Crippen molar-refractivity contribution in [3.05, 3.63) is 48.0 Å². The number of rotatable bonds is 7. The summed E-state index contributed by atoms with van der Waals surface area (Å²) >= 11 is 0. The lowest BCUT2D eigenvalue weighted by atomic mass is 10.2. The van der Waals surface area contributed by atoms with Crippen LogP contribution in [0.5, 0.6) is 17.2 Å². The monoisotopic (exact) mass is 357 g/mol. The van der Waals surface area contributed by atoms with Gasteiger partial charge >= 0.3 is 0 Å². The van der Waals surface area contributed by atoms with E-state index in [9.17, 15) is 9.90 Å². The summed E-state index contributed by atoms with van der Waals surface area (Å²) in [5, 5.41) is 9.80. The van der Waals surface area contributed by atoms with Gasteiger partial charge in [-0.05, 0) is 37.1 Å². The fourth-order valence-corrected chi connectivity index (χ4v) is 3.40. The number of ether oxygens (including phenoxy) is 3. The first-order valence-electron chi connectivity index (χ1n) is 8.53. The Morgan fingerprint density at radius 3 is 2.62 bits per heavy atom. The lowest BCUT2D eigenvalue weighted by Gasteiger charge is -2.32. The summed E-state index contributed by atoms with van der Waals surface area (Å²) in [5.74, 6) is 1.06. The molecule has 1 aliphatic rings. The maximum absolute atomic E-state index is 11.2. The van der Waals surface area contributed by atoms with E-state index in [4.69, 9.17) is 14.2 Å². The number of hydrogen-bond acceptors (Lipinski definition) is 6. The molecule has 6 heteroatoms. The maximum atomic E-state index is 11.2. The Hall–Kier alpha value is -2.73. The van der Waals surface area contributed by atoms with Gasteiger partial charge in [0, 0.05) is 7.11 Å². The van der Waals surface area contributed by atoms with Gasteiger partial charge in [-0.3, -0.25) is 4.79 Å². The largest absolute Gasteiger partial charge is 0.507 e. The number of aromatic hydroxyl groups is 1. The number of phenols is 1. The molecule has 0 aromatic heterocycles. The molecule has 3 rings (SSSR count). The minimum Gasteiger partial charge on any atom is -0.507 e. The van der Waals surface area contributed by atoms with Gasteiger partial charge in [-0.25, -0.2) is 0 Å². The number of nitrogens with zero attached hydrogens (tertiary/aromatic N) is 1. The predicted octanol–water partition coefficient (Wildman–Crippen LogP) is 3.23. The third kappa shape index (κ3) is 3.46. The molecule has 138 valence electrons. The van der Waals surface area contributed by atoms with Crippen LogP contribution in [0, 0.1) is 0 Å². The molecule has 2 aromatic rings. The van der Waals surface area contributed by atoms with E-state index in [2.05, 4.69) is 4.90 Å². The second-order valence-electron chi connectivity index (χ2n) is 6.12. The molecule has 2 atom stereocenters. The summed E-state index contributed by atoms with van der Waals surface area (Å²) in [5.41, 5.74) is 1.11. The fourth-order valence-electron chi connectivity index (χ4n) is 3.40. The first-order valence-corrected chi connectivity index (χ1v) is 8.53. The molecule has 1 N–H and O–H groups in total. The Balaban J connectivity index is 1.83. The van der Waals surface area contributed by atoms with Crippen LogP contribution in [-0.4, -0.2) is 44.5 Å². The van der Waals surface area contributed by atoms with E-state index in [-0.39, 0.29) is 23.6 Å². The lowest BCUT2D eigenvalue weighted by Crippen LogP contribution is -2.40. The standard InChI is InChI=1S/C20H23NO5/c1-24-19-8-4-3-6-16(19)21-14(10-11-20(21)25-2)13-26-18-9-5-7-17(23)15(18)12-22/h3-9,12,14,20,23H,10-11,13H2,1-2H3. The molecule has 1 aliphatic heterocycles. The smallest absolute Gasteiger partial charge is 0.157 e. The zero-order chi connectivity index (χ0) is 18.5. The Morgan fingerprint density at radius 2 is 1.88 bits per heavy atom. The molecule has 0 amide bonds. The molecule has 0 bridgehead atoms. The van der Waals surface area contributed by atoms with Gasteiger partial charge in [0.15, 0.2) is 6.29 Å². The lowest BCUT2D eigenvalue weighted by molar-refractivity contribution is 0.107. The van der Waals surface area contributed by atoms with Gasteiger partial charge in [0.2, 0.25) is 0 Å². The van der Waals surface area contributed by atoms with Crippen LogP contribution in [0.4, 0.5) is 5.69 Å². The highest BCUT2D eigenvalue weighted by Crippen LogP contribution is 2.37. The summed E-state index contributed by atoms with van der Waals surface area (Å²) in [4.78, 5) is 13.4. The molecule has 1 fully saturated rings. The van der Waals surface area contributed by atoms with E-state index >= 15 is 0 Å². The van der Waals surface area contributed by atoms with Crippen molar-refractivity contribution < 1.29 is 24.1 Å². The van der Waals surface area contributed by atoms with Crippen molar-refractivity contribution in [3.8, 4) is 17.2 Å². The predicted molar refractivity (Wildman–Crippen MR) is 98.3 cm³/mol. The van der Waals surface area contributed by atoms with Crippen molar-refractivity contribution >= 4 is 12.0 Å². The van der Waals surface area contributed by atoms with Crippen LogP contribution < -0.4 is 14.4 Å². The van der Waals surface area contributed by atoms with E-state index in [1.54, 1.807) is 26.4 Å². The first-order chi connectivity index (χ1) is 12.7. The molecule has 0 spiro atoms. The second-order valence-corrected chi connectivity index (χ2v) is 6.12. The van der Waals surface area contributed by atoms with Crippen LogP contribution in [0.1, 0.15) is 23.2 Å². The zero-order valence-electron chi connectivity index (χ0n) is 14.9. The number of phenolic OH excluding ortho intramolecular Hbond substituents is 1. The second kappa shape index (κ2) is 8.10. The topological polar surface area (TPSA) is 68.2 Å². The van der Waals surface area contributed by atoms with Crippen molar-refractivity contribution in [1.29, 1.82) is 0 Å². The molecular weight excluding hydrogens is 334 g/mol. The SMILES string of the molecule is COc1ccccc1N1C(COc2cccc(O)c2C=O)CCC1OC. The van der Waals surface area contributed by atoms with Crippen LogP contribution in [0.2, 0.25) is 0 Å². The summed E-state index contributed by atoms with van der Waals surface area (Å²) < 4.78 is 17.0. The van der Waals surface area contributed by atoms with E-state index in [1.807, 2.05) is 24.3 Å². The van der Waals surface area contributed by atoms with Crippen molar-refractivity contribution in [3.63, 3.8) is 0 Å². The molecule has 0 aliphatic carbocycles. The molecule has 26 heavy (non-hydrogen) atoms. The van der Waals surface area contributed by atoms with Gasteiger partial charge < -0.3 is 24.2 Å². The van der Waals surface area contributed by atoms with Crippen molar-refractivity contribution in [2.45, 2.75) is 25.1 Å².